The molecule has 1 aromatic carbocycles. The van der Waals surface area contributed by atoms with Crippen LogP contribution >= 0.6 is 15.9 Å². The van der Waals surface area contributed by atoms with Gasteiger partial charge in [-0.15, -0.1) is 0 Å². The molecule has 1 nitrogen and oxygen atoms in total. The number of benzene rings is 1. The predicted octanol–water partition coefficient (Wildman–Crippen LogP) is 4.37. The van der Waals surface area contributed by atoms with E-state index in [0.717, 1.165) is 17.8 Å². The summed E-state index contributed by atoms with van der Waals surface area (Å²) in [5, 5.41) is 0. The summed E-state index contributed by atoms with van der Waals surface area (Å²) in [6, 6.07) is 8.50. The van der Waals surface area contributed by atoms with Crippen LogP contribution < -0.4 is 0 Å². The van der Waals surface area contributed by atoms with E-state index in [2.05, 4.69) is 40.2 Å². The van der Waals surface area contributed by atoms with Gasteiger partial charge < -0.3 is 4.79 Å². The summed E-state index contributed by atoms with van der Waals surface area (Å²) in [5.41, 5.74) is 2.49. The fourth-order valence-corrected chi connectivity index (χ4v) is 2.77. The Morgan fingerprint density at radius 2 is 1.75 bits per heavy atom. The minimum atomic E-state index is -0.159. The smallest absolute Gasteiger partial charge is 0.138 e. The highest BCUT2D eigenvalue weighted by molar-refractivity contribution is 9.09. The van der Waals surface area contributed by atoms with Crippen LogP contribution in [0, 0.1) is 0 Å². The lowest BCUT2D eigenvalue weighted by Gasteiger charge is -2.22. The molecule has 1 aliphatic carbocycles. The number of carbonyl (C=O) groups excluding carboxylic acids is 1. The molecule has 2 heteroatoms. The first-order chi connectivity index (χ1) is 7.81. The largest absolute Gasteiger partial charge is 0.302 e. The van der Waals surface area contributed by atoms with E-state index in [1.165, 1.54) is 37.7 Å². The Morgan fingerprint density at radius 3 is 2.31 bits per heavy atom. The van der Waals surface area contributed by atoms with E-state index in [1.807, 2.05) is 0 Å². The Labute approximate surface area is 105 Å². The van der Waals surface area contributed by atoms with Crippen molar-refractivity contribution in [2.45, 2.75) is 42.8 Å². The monoisotopic (exact) mass is 280 g/mol. The molecular formula is C14H17BrO. The summed E-state index contributed by atoms with van der Waals surface area (Å²) in [6.07, 6.45) is 7.69. The summed E-state index contributed by atoms with van der Waals surface area (Å²) in [4.78, 5) is 10.5. The number of halogens is 1. The first kappa shape index (κ1) is 11.8. The normalized spacial score (nSPS) is 19.3. The predicted molar refractivity (Wildman–Crippen MR) is 70.0 cm³/mol. The molecule has 0 amide bonds. The van der Waals surface area contributed by atoms with Crippen molar-refractivity contribution in [3.8, 4) is 0 Å². The lowest BCUT2D eigenvalue weighted by atomic mass is 9.84. The number of rotatable bonds is 3. The first-order valence-corrected chi connectivity index (χ1v) is 6.92. The molecular weight excluding hydrogens is 264 g/mol. The standard InChI is InChI=1S/C14H17BrO/c15-14(10-16)13-8-6-12(7-9-13)11-4-2-1-3-5-11/h6-11,14H,1-5H2/t14-/m1/s1. The van der Waals surface area contributed by atoms with Crippen LogP contribution in [0.25, 0.3) is 0 Å². The lowest BCUT2D eigenvalue weighted by molar-refractivity contribution is -0.107. The molecule has 0 heterocycles. The van der Waals surface area contributed by atoms with E-state index in [9.17, 15) is 4.79 Å². The number of hydrogen-bond donors (Lipinski definition) is 0. The van der Waals surface area contributed by atoms with Gasteiger partial charge in [0, 0.05) is 0 Å². The number of hydrogen-bond acceptors (Lipinski definition) is 1. The minimum Gasteiger partial charge on any atom is -0.302 e. The third-order valence-electron chi connectivity index (χ3n) is 3.45. The van der Waals surface area contributed by atoms with Crippen molar-refractivity contribution >= 4 is 22.2 Å². The topological polar surface area (TPSA) is 17.1 Å². The van der Waals surface area contributed by atoms with Gasteiger partial charge in [0.1, 0.15) is 6.29 Å². The average Bonchev–Trinajstić information content (AvgIpc) is 2.39. The third kappa shape index (κ3) is 2.73. The van der Waals surface area contributed by atoms with E-state index in [0.29, 0.717) is 0 Å². The summed E-state index contributed by atoms with van der Waals surface area (Å²) < 4.78 is 0. The molecule has 0 bridgehead atoms. The van der Waals surface area contributed by atoms with Gasteiger partial charge in [0.05, 0.1) is 4.83 Å². The Hall–Kier alpha value is -0.630. The van der Waals surface area contributed by atoms with Crippen LogP contribution in [-0.2, 0) is 4.79 Å². The molecule has 0 spiro atoms. The molecule has 0 saturated heterocycles. The zero-order valence-electron chi connectivity index (χ0n) is 9.36. The lowest BCUT2D eigenvalue weighted by Crippen LogP contribution is -2.04. The number of alkyl halides is 1. The molecule has 2 rings (SSSR count). The van der Waals surface area contributed by atoms with Gasteiger partial charge >= 0.3 is 0 Å². The molecule has 0 radical (unpaired) electrons. The van der Waals surface area contributed by atoms with Gasteiger partial charge in [0.25, 0.3) is 0 Å². The van der Waals surface area contributed by atoms with Crippen molar-refractivity contribution in [1.82, 2.24) is 0 Å². The maximum Gasteiger partial charge on any atom is 0.138 e. The van der Waals surface area contributed by atoms with Crippen LogP contribution in [0.1, 0.15) is 54.0 Å². The van der Waals surface area contributed by atoms with E-state index < -0.39 is 0 Å². The van der Waals surface area contributed by atoms with Crippen molar-refractivity contribution < 1.29 is 4.79 Å². The zero-order chi connectivity index (χ0) is 11.4. The Bertz CT molecular complexity index is 338. The summed E-state index contributed by atoms with van der Waals surface area (Å²) in [5.74, 6) is 0.743. The first-order valence-electron chi connectivity index (χ1n) is 6.00. The second-order valence-corrected chi connectivity index (χ2v) is 5.53. The quantitative estimate of drug-likeness (QED) is 0.594. The summed E-state index contributed by atoms with van der Waals surface area (Å²) in [7, 11) is 0. The highest BCUT2D eigenvalue weighted by Gasteiger charge is 2.15. The van der Waals surface area contributed by atoms with E-state index in [1.54, 1.807) is 0 Å². The Morgan fingerprint density at radius 1 is 1.12 bits per heavy atom. The van der Waals surface area contributed by atoms with Crippen LogP contribution in [0.5, 0.6) is 0 Å². The van der Waals surface area contributed by atoms with E-state index in [4.69, 9.17) is 0 Å². The Kier molecular flexibility index (Phi) is 4.16. The van der Waals surface area contributed by atoms with Crippen molar-refractivity contribution in [1.29, 1.82) is 0 Å². The molecule has 0 unspecified atom stereocenters. The second kappa shape index (κ2) is 5.62. The van der Waals surface area contributed by atoms with Crippen molar-refractivity contribution in [2.24, 2.45) is 0 Å². The molecule has 86 valence electrons. The average molecular weight is 281 g/mol. The van der Waals surface area contributed by atoms with Crippen LogP contribution in [0.3, 0.4) is 0 Å². The van der Waals surface area contributed by atoms with Crippen LogP contribution in [0.2, 0.25) is 0 Å². The highest BCUT2D eigenvalue weighted by atomic mass is 79.9. The van der Waals surface area contributed by atoms with Gasteiger partial charge in [-0.1, -0.05) is 59.5 Å². The second-order valence-electron chi connectivity index (χ2n) is 4.54. The highest BCUT2D eigenvalue weighted by Crippen LogP contribution is 2.33. The van der Waals surface area contributed by atoms with E-state index in [-0.39, 0.29) is 4.83 Å². The molecule has 0 aliphatic heterocycles. The zero-order valence-corrected chi connectivity index (χ0v) is 10.9. The molecule has 1 atom stereocenters. The molecule has 0 N–H and O–H groups in total. The maximum atomic E-state index is 10.6. The van der Waals surface area contributed by atoms with Crippen molar-refractivity contribution in [3.63, 3.8) is 0 Å². The molecule has 1 fully saturated rings. The molecule has 1 aliphatic rings. The van der Waals surface area contributed by atoms with Gasteiger partial charge in [-0.25, -0.2) is 0 Å². The fraction of sp³-hybridized carbons (Fsp3) is 0.500. The number of aldehydes is 1. The van der Waals surface area contributed by atoms with Crippen molar-refractivity contribution in [3.05, 3.63) is 35.4 Å². The van der Waals surface area contributed by atoms with Gasteiger partial charge in [-0.3, -0.25) is 0 Å². The maximum absolute atomic E-state index is 10.6. The van der Waals surface area contributed by atoms with Gasteiger partial charge in [0.2, 0.25) is 0 Å². The SMILES string of the molecule is O=C[C@@H](Br)c1ccc(C2CCCCC2)cc1. The number of carbonyl (C=O) groups is 1. The summed E-state index contributed by atoms with van der Waals surface area (Å²) >= 11 is 3.34. The fourth-order valence-electron chi connectivity index (χ4n) is 2.47. The molecule has 16 heavy (non-hydrogen) atoms. The van der Waals surface area contributed by atoms with Crippen molar-refractivity contribution in [2.75, 3.05) is 0 Å². The van der Waals surface area contributed by atoms with Crippen LogP contribution in [0.15, 0.2) is 24.3 Å². The Balaban J connectivity index is 2.08. The third-order valence-corrected chi connectivity index (χ3v) is 4.20. The van der Waals surface area contributed by atoms with Crippen LogP contribution in [-0.4, -0.2) is 6.29 Å². The van der Waals surface area contributed by atoms with Gasteiger partial charge in [-0.2, -0.15) is 0 Å². The van der Waals surface area contributed by atoms with Gasteiger partial charge in [0.15, 0.2) is 0 Å². The molecule has 0 aromatic heterocycles. The minimum absolute atomic E-state index is 0.159. The molecule has 1 aromatic rings. The van der Waals surface area contributed by atoms with Crippen LogP contribution in [0.4, 0.5) is 0 Å². The van der Waals surface area contributed by atoms with E-state index >= 15 is 0 Å². The summed E-state index contributed by atoms with van der Waals surface area (Å²) in [6.45, 7) is 0. The molecule has 1 saturated carbocycles. The van der Waals surface area contributed by atoms with Gasteiger partial charge in [-0.05, 0) is 29.9 Å².